The maximum Gasteiger partial charge on any atom is 0.254 e. The molecule has 3 nitrogen and oxygen atoms in total. The number of carbonyl (C=O) groups excluding carboxylic acids is 1. The Hall–Kier alpha value is -0.940. The molecule has 1 rings (SSSR count). The molecule has 0 saturated heterocycles. The summed E-state index contributed by atoms with van der Waals surface area (Å²) >= 11 is 3.13. The second-order valence-corrected chi connectivity index (χ2v) is 4.51. The monoisotopic (exact) mass is 289 g/mol. The van der Waals surface area contributed by atoms with Gasteiger partial charge in [-0.3, -0.25) is 4.79 Å². The molecule has 16 heavy (non-hydrogen) atoms. The fraction of sp³-hybridized carbons (Fsp3) is 0.364. The van der Waals surface area contributed by atoms with Crippen LogP contribution in [0.3, 0.4) is 0 Å². The summed E-state index contributed by atoms with van der Waals surface area (Å²) in [4.78, 5) is 13.3. The summed E-state index contributed by atoms with van der Waals surface area (Å²) in [6.45, 7) is 1.84. The van der Waals surface area contributed by atoms with E-state index in [9.17, 15) is 9.18 Å². The summed E-state index contributed by atoms with van der Waals surface area (Å²) in [5.41, 5.74) is 0.379. The number of nitrogens with zero attached hydrogens (tertiary/aromatic N) is 1. The Balaban J connectivity index is 2.88. The molecule has 1 unspecified atom stereocenters. The van der Waals surface area contributed by atoms with Gasteiger partial charge < -0.3 is 10.0 Å². The lowest BCUT2D eigenvalue weighted by Gasteiger charge is -2.19. The van der Waals surface area contributed by atoms with Crippen LogP contribution >= 0.6 is 15.9 Å². The van der Waals surface area contributed by atoms with Crippen molar-refractivity contribution in [3.63, 3.8) is 0 Å². The molecule has 0 aliphatic heterocycles. The van der Waals surface area contributed by atoms with Crippen LogP contribution in [0.15, 0.2) is 22.7 Å². The Bertz CT molecular complexity index is 396. The normalized spacial score (nSPS) is 12.3. The van der Waals surface area contributed by atoms with Gasteiger partial charge in [-0.05, 0) is 41.1 Å². The maximum atomic E-state index is 12.8. The lowest BCUT2D eigenvalue weighted by molar-refractivity contribution is 0.0703. The molecule has 0 heterocycles. The molecule has 1 aromatic carbocycles. The largest absolute Gasteiger partial charge is 0.392 e. The summed E-state index contributed by atoms with van der Waals surface area (Å²) in [5.74, 6) is -0.658. The minimum atomic E-state index is -0.590. The number of hydrogen-bond donors (Lipinski definition) is 1. The van der Waals surface area contributed by atoms with E-state index in [-0.39, 0.29) is 12.5 Å². The summed E-state index contributed by atoms with van der Waals surface area (Å²) in [6, 6.07) is 3.89. The second kappa shape index (κ2) is 5.41. The van der Waals surface area contributed by atoms with Crippen molar-refractivity contribution in [2.45, 2.75) is 13.0 Å². The molecule has 1 aromatic rings. The topological polar surface area (TPSA) is 40.5 Å². The van der Waals surface area contributed by atoms with Gasteiger partial charge in [0.15, 0.2) is 0 Å². The van der Waals surface area contributed by atoms with Gasteiger partial charge in [-0.2, -0.15) is 0 Å². The van der Waals surface area contributed by atoms with Crippen LogP contribution in [0, 0.1) is 5.82 Å². The van der Waals surface area contributed by atoms with Crippen molar-refractivity contribution < 1.29 is 14.3 Å². The van der Waals surface area contributed by atoms with Gasteiger partial charge in [-0.15, -0.1) is 0 Å². The smallest absolute Gasteiger partial charge is 0.254 e. The van der Waals surface area contributed by atoms with Gasteiger partial charge in [0.1, 0.15) is 5.82 Å². The Morgan fingerprint density at radius 3 is 2.75 bits per heavy atom. The molecular formula is C11H13BrFNO2. The van der Waals surface area contributed by atoms with E-state index < -0.39 is 11.9 Å². The van der Waals surface area contributed by atoms with Gasteiger partial charge in [0, 0.05) is 18.1 Å². The van der Waals surface area contributed by atoms with Crippen molar-refractivity contribution in [3.8, 4) is 0 Å². The Kier molecular flexibility index (Phi) is 4.44. The number of halogens is 2. The first-order valence-corrected chi connectivity index (χ1v) is 5.59. The van der Waals surface area contributed by atoms with E-state index in [4.69, 9.17) is 5.11 Å². The lowest BCUT2D eigenvalue weighted by Crippen LogP contribution is -2.33. The number of amides is 1. The Morgan fingerprint density at radius 1 is 1.62 bits per heavy atom. The number of aliphatic hydroxyl groups is 1. The molecule has 0 aliphatic carbocycles. The van der Waals surface area contributed by atoms with E-state index in [1.165, 1.54) is 23.1 Å². The van der Waals surface area contributed by atoms with Gasteiger partial charge in [0.2, 0.25) is 0 Å². The van der Waals surface area contributed by atoms with Crippen molar-refractivity contribution in [2.75, 3.05) is 13.6 Å². The molecule has 88 valence electrons. The SMILES string of the molecule is CC(O)CN(C)C(=O)c1ccc(F)cc1Br. The molecule has 0 aromatic heterocycles. The minimum absolute atomic E-state index is 0.239. The van der Waals surface area contributed by atoms with Gasteiger partial charge in [-0.25, -0.2) is 4.39 Å². The van der Waals surface area contributed by atoms with Gasteiger partial charge in [0.05, 0.1) is 11.7 Å². The first kappa shape index (κ1) is 13.1. The third kappa shape index (κ3) is 3.28. The predicted molar refractivity (Wildman–Crippen MR) is 62.7 cm³/mol. The first-order chi connectivity index (χ1) is 7.41. The van der Waals surface area contributed by atoms with Crippen LogP contribution in [0.2, 0.25) is 0 Å². The second-order valence-electron chi connectivity index (χ2n) is 3.66. The van der Waals surface area contributed by atoms with Crippen molar-refractivity contribution in [3.05, 3.63) is 34.1 Å². The fourth-order valence-electron chi connectivity index (χ4n) is 1.35. The number of benzene rings is 1. The quantitative estimate of drug-likeness (QED) is 0.925. The van der Waals surface area contributed by atoms with Crippen LogP contribution in [-0.2, 0) is 0 Å². The highest BCUT2D eigenvalue weighted by Gasteiger charge is 2.16. The molecule has 0 saturated carbocycles. The zero-order valence-electron chi connectivity index (χ0n) is 9.08. The summed E-state index contributed by atoms with van der Waals surface area (Å²) < 4.78 is 13.2. The van der Waals surface area contributed by atoms with Crippen LogP contribution in [0.4, 0.5) is 4.39 Å². The molecule has 1 amide bonds. The molecular weight excluding hydrogens is 277 g/mol. The third-order valence-electron chi connectivity index (χ3n) is 2.05. The number of carbonyl (C=O) groups is 1. The van der Waals surface area contributed by atoms with Crippen LogP contribution in [-0.4, -0.2) is 35.6 Å². The molecule has 1 N–H and O–H groups in total. The number of likely N-dealkylation sites (N-methyl/N-ethyl adjacent to an activating group) is 1. The van der Waals surface area contributed by atoms with Crippen molar-refractivity contribution in [1.82, 2.24) is 4.90 Å². The molecule has 1 atom stereocenters. The third-order valence-corrected chi connectivity index (χ3v) is 2.70. The lowest BCUT2D eigenvalue weighted by atomic mass is 10.2. The van der Waals surface area contributed by atoms with E-state index in [2.05, 4.69) is 15.9 Å². The molecule has 0 radical (unpaired) electrons. The van der Waals surface area contributed by atoms with Crippen molar-refractivity contribution in [1.29, 1.82) is 0 Å². The van der Waals surface area contributed by atoms with E-state index >= 15 is 0 Å². The Morgan fingerprint density at radius 2 is 2.25 bits per heavy atom. The van der Waals surface area contributed by atoms with E-state index in [1.54, 1.807) is 14.0 Å². The Labute approximate surface area is 102 Å². The van der Waals surface area contributed by atoms with Crippen molar-refractivity contribution in [2.24, 2.45) is 0 Å². The summed E-state index contributed by atoms with van der Waals surface area (Å²) in [6.07, 6.45) is -0.590. The number of rotatable bonds is 3. The summed E-state index contributed by atoms with van der Waals surface area (Å²) in [5, 5.41) is 9.17. The number of hydrogen-bond acceptors (Lipinski definition) is 2. The van der Waals surface area contributed by atoms with E-state index in [1.807, 2.05) is 0 Å². The molecule has 0 bridgehead atoms. The van der Waals surface area contributed by atoms with Gasteiger partial charge in [-0.1, -0.05) is 0 Å². The zero-order valence-corrected chi connectivity index (χ0v) is 10.7. The van der Waals surface area contributed by atoms with E-state index in [0.717, 1.165) is 0 Å². The highest BCUT2D eigenvalue weighted by Crippen LogP contribution is 2.19. The average Bonchev–Trinajstić information content (AvgIpc) is 2.15. The molecule has 0 aliphatic rings. The maximum absolute atomic E-state index is 12.8. The summed E-state index contributed by atoms with van der Waals surface area (Å²) in [7, 11) is 1.59. The van der Waals surface area contributed by atoms with Gasteiger partial charge >= 0.3 is 0 Å². The first-order valence-electron chi connectivity index (χ1n) is 4.80. The van der Waals surface area contributed by atoms with Crippen LogP contribution < -0.4 is 0 Å². The van der Waals surface area contributed by atoms with Crippen LogP contribution in [0.5, 0.6) is 0 Å². The molecule has 0 spiro atoms. The standard InChI is InChI=1S/C11H13BrFNO2/c1-7(15)6-14(2)11(16)9-4-3-8(13)5-10(9)12/h3-5,7,15H,6H2,1-2H3. The van der Waals surface area contributed by atoms with Crippen molar-refractivity contribution >= 4 is 21.8 Å². The zero-order chi connectivity index (χ0) is 12.3. The highest BCUT2D eigenvalue weighted by atomic mass is 79.9. The average molecular weight is 290 g/mol. The number of aliphatic hydroxyl groups excluding tert-OH is 1. The predicted octanol–water partition coefficient (Wildman–Crippen LogP) is 2.04. The van der Waals surface area contributed by atoms with Gasteiger partial charge in [0.25, 0.3) is 5.91 Å². The molecule has 0 fully saturated rings. The molecule has 5 heteroatoms. The minimum Gasteiger partial charge on any atom is -0.392 e. The fourth-order valence-corrected chi connectivity index (χ4v) is 1.87. The van der Waals surface area contributed by atoms with Crippen LogP contribution in [0.25, 0.3) is 0 Å². The van der Waals surface area contributed by atoms with Crippen LogP contribution in [0.1, 0.15) is 17.3 Å². The highest BCUT2D eigenvalue weighted by molar-refractivity contribution is 9.10. The van der Waals surface area contributed by atoms with E-state index in [0.29, 0.717) is 10.0 Å².